The summed E-state index contributed by atoms with van der Waals surface area (Å²) >= 11 is 0. The molecule has 20 heavy (non-hydrogen) atoms. The number of benzene rings is 1. The van der Waals surface area contributed by atoms with E-state index in [0.717, 1.165) is 11.3 Å². The molecule has 0 bridgehead atoms. The Balaban J connectivity index is 2.03. The highest BCUT2D eigenvalue weighted by Gasteiger charge is 2.07. The maximum atomic E-state index is 11.9. The zero-order chi connectivity index (χ0) is 14.4. The number of nitrogens with one attached hydrogen (secondary N) is 1. The Morgan fingerprint density at radius 3 is 3.00 bits per heavy atom. The molecule has 0 saturated heterocycles. The summed E-state index contributed by atoms with van der Waals surface area (Å²) in [6.45, 7) is 0.382. The van der Waals surface area contributed by atoms with Crippen LogP contribution in [0.3, 0.4) is 0 Å². The zero-order valence-electron chi connectivity index (χ0n) is 11.0. The number of carbonyl (C=O) groups excluding carboxylic acids is 1. The highest BCUT2D eigenvalue weighted by atomic mass is 16.5. The first-order valence-electron chi connectivity index (χ1n) is 5.99. The van der Waals surface area contributed by atoms with E-state index in [4.69, 9.17) is 10.00 Å². The second-order valence-corrected chi connectivity index (χ2v) is 4.11. The van der Waals surface area contributed by atoms with E-state index in [-0.39, 0.29) is 5.91 Å². The van der Waals surface area contributed by atoms with Crippen LogP contribution in [0.25, 0.3) is 0 Å². The van der Waals surface area contributed by atoms with Crippen LogP contribution in [0.2, 0.25) is 0 Å². The number of ether oxygens (including phenoxy) is 1. The molecule has 1 aromatic carbocycles. The van der Waals surface area contributed by atoms with Crippen molar-refractivity contribution in [3.8, 4) is 11.8 Å². The molecule has 0 atom stereocenters. The van der Waals surface area contributed by atoms with Gasteiger partial charge < -0.3 is 10.1 Å². The number of nitriles is 1. The molecule has 0 saturated carbocycles. The van der Waals surface area contributed by atoms with Crippen LogP contribution in [0.1, 0.15) is 21.5 Å². The van der Waals surface area contributed by atoms with Crippen molar-refractivity contribution in [3.63, 3.8) is 0 Å². The van der Waals surface area contributed by atoms with E-state index in [1.165, 1.54) is 18.5 Å². The van der Waals surface area contributed by atoms with Gasteiger partial charge in [0.15, 0.2) is 0 Å². The molecule has 5 nitrogen and oxygen atoms in total. The van der Waals surface area contributed by atoms with E-state index in [0.29, 0.717) is 17.7 Å². The summed E-state index contributed by atoms with van der Waals surface area (Å²) in [5.41, 5.74) is 1.66. The van der Waals surface area contributed by atoms with Crippen LogP contribution in [0.5, 0.6) is 5.75 Å². The first-order valence-corrected chi connectivity index (χ1v) is 5.99. The molecule has 0 aliphatic carbocycles. The summed E-state index contributed by atoms with van der Waals surface area (Å²) in [5, 5.41) is 11.5. The molecule has 0 unspecified atom stereocenters. The quantitative estimate of drug-likeness (QED) is 0.917. The Hall–Kier alpha value is -2.87. The van der Waals surface area contributed by atoms with Crippen molar-refractivity contribution in [1.82, 2.24) is 10.3 Å². The average molecular weight is 267 g/mol. The largest absolute Gasteiger partial charge is 0.497 e. The number of pyridine rings is 1. The first kappa shape index (κ1) is 13.6. The molecule has 0 radical (unpaired) electrons. The van der Waals surface area contributed by atoms with Gasteiger partial charge in [-0.1, -0.05) is 12.1 Å². The second kappa shape index (κ2) is 6.34. The first-order chi connectivity index (χ1) is 9.72. The summed E-state index contributed by atoms with van der Waals surface area (Å²) in [4.78, 5) is 15.8. The smallest absolute Gasteiger partial charge is 0.253 e. The van der Waals surface area contributed by atoms with Gasteiger partial charge in [0.2, 0.25) is 0 Å². The van der Waals surface area contributed by atoms with Crippen molar-refractivity contribution in [2.75, 3.05) is 7.11 Å². The third-order valence-corrected chi connectivity index (χ3v) is 2.72. The van der Waals surface area contributed by atoms with Gasteiger partial charge in [0.05, 0.1) is 18.2 Å². The lowest BCUT2D eigenvalue weighted by Crippen LogP contribution is -2.23. The normalized spacial score (nSPS) is 9.60. The number of hydrogen-bond donors (Lipinski definition) is 1. The number of aromatic nitrogens is 1. The summed E-state index contributed by atoms with van der Waals surface area (Å²) in [6, 6.07) is 10.9. The van der Waals surface area contributed by atoms with E-state index in [9.17, 15) is 4.79 Å². The predicted molar refractivity (Wildman–Crippen MR) is 73.1 cm³/mol. The number of nitrogens with zero attached hydrogens (tertiary/aromatic N) is 2. The van der Waals surface area contributed by atoms with Crippen LogP contribution < -0.4 is 10.1 Å². The van der Waals surface area contributed by atoms with Crippen molar-refractivity contribution >= 4 is 5.91 Å². The Labute approximate surface area is 116 Å². The second-order valence-electron chi connectivity index (χ2n) is 4.11. The van der Waals surface area contributed by atoms with Gasteiger partial charge in [-0.25, -0.2) is 0 Å². The highest BCUT2D eigenvalue weighted by Crippen LogP contribution is 2.12. The molecule has 2 rings (SSSR count). The molecule has 0 aliphatic rings. The Bertz CT molecular complexity index is 662. The molecule has 2 aromatic rings. The summed E-state index contributed by atoms with van der Waals surface area (Å²) in [7, 11) is 1.59. The highest BCUT2D eigenvalue weighted by molar-refractivity contribution is 5.94. The minimum atomic E-state index is -0.266. The monoisotopic (exact) mass is 267 g/mol. The maximum absolute atomic E-state index is 11.9. The molecule has 1 aromatic heterocycles. The van der Waals surface area contributed by atoms with Crippen molar-refractivity contribution in [1.29, 1.82) is 5.26 Å². The van der Waals surface area contributed by atoms with Crippen molar-refractivity contribution in [2.45, 2.75) is 6.54 Å². The SMILES string of the molecule is COc1cccc(CNC(=O)c2cncc(C#N)c2)c1. The molecule has 100 valence electrons. The van der Waals surface area contributed by atoms with Gasteiger partial charge in [-0.05, 0) is 23.8 Å². The molecule has 5 heteroatoms. The van der Waals surface area contributed by atoms with Crippen LogP contribution in [-0.4, -0.2) is 18.0 Å². The minimum absolute atomic E-state index is 0.266. The van der Waals surface area contributed by atoms with Crippen LogP contribution in [0.15, 0.2) is 42.7 Å². The van der Waals surface area contributed by atoms with E-state index in [1.54, 1.807) is 7.11 Å². The Morgan fingerprint density at radius 2 is 2.25 bits per heavy atom. The number of rotatable bonds is 4. The molecule has 0 spiro atoms. The zero-order valence-corrected chi connectivity index (χ0v) is 11.0. The lowest BCUT2D eigenvalue weighted by molar-refractivity contribution is 0.0950. The lowest BCUT2D eigenvalue weighted by atomic mass is 10.2. The fourth-order valence-electron chi connectivity index (χ4n) is 1.69. The minimum Gasteiger partial charge on any atom is -0.497 e. The molecular formula is C15H13N3O2. The van der Waals surface area contributed by atoms with Crippen molar-refractivity contribution < 1.29 is 9.53 Å². The van der Waals surface area contributed by atoms with Gasteiger partial charge in [-0.3, -0.25) is 9.78 Å². The summed E-state index contributed by atoms with van der Waals surface area (Å²) < 4.78 is 5.12. The van der Waals surface area contributed by atoms with Crippen LogP contribution in [-0.2, 0) is 6.54 Å². The van der Waals surface area contributed by atoms with E-state index < -0.39 is 0 Å². The fourth-order valence-corrected chi connectivity index (χ4v) is 1.69. The van der Waals surface area contributed by atoms with Crippen molar-refractivity contribution in [2.24, 2.45) is 0 Å². The summed E-state index contributed by atoms with van der Waals surface area (Å²) in [5.74, 6) is 0.474. The number of hydrogen-bond acceptors (Lipinski definition) is 4. The van der Waals surface area contributed by atoms with Gasteiger partial charge in [-0.15, -0.1) is 0 Å². The standard InChI is InChI=1S/C15H13N3O2/c1-20-14-4-2-3-11(6-14)9-18-15(19)13-5-12(7-16)8-17-10-13/h2-6,8,10H,9H2,1H3,(H,18,19). The van der Waals surface area contributed by atoms with E-state index >= 15 is 0 Å². The van der Waals surface area contributed by atoms with E-state index in [2.05, 4.69) is 10.3 Å². The number of methoxy groups -OCH3 is 1. The third kappa shape index (κ3) is 3.33. The number of carbonyl (C=O) groups is 1. The number of amides is 1. The van der Waals surface area contributed by atoms with Gasteiger partial charge in [0.25, 0.3) is 5.91 Å². The lowest BCUT2D eigenvalue weighted by Gasteiger charge is -2.07. The maximum Gasteiger partial charge on any atom is 0.253 e. The predicted octanol–water partition coefficient (Wildman–Crippen LogP) is 1.89. The van der Waals surface area contributed by atoms with Gasteiger partial charge in [0.1, 0.15) is 11.8 Å². The fraction of sp³-hybridized carbons (Fsp3) is 0.133. The van der Waals surface area contributed by atoms with Gasteiger partial charge >= 0.3 is 0 Å². The molecule has 1 heterocycles. The Kier molecular flexibility index (Phi) is 4.30. The van der Waals surface area contributed by atoms with Crippen molar-refractivity contribution in [3.05, 3.63) is 59.4 Å². The van der Waals surface area contributed by atoms with Crippen LogP contribution in [0, 0.1) is 11.3 Å². The molecule has 0 aliphatic heterocycles. The van der Waals surface area contributed by atoms with Crippen LogP contribution >= 0.6 is 0 Å². The molecular weight excluding hydrogens is 254 g/mol. The summed E-state index contributed by atoms with van der Waals surface area (Å²) in [6.07, 6.45) is 2.85. The Morgan fingerprint density at radius 1 is 1.40 bits per heavy atom. The van der Waals surface area contributed by atoms with Crippen LogP contribution in [0.4, 0.5) is 0 Å². The topological polar surface area (TPSA) is 75.0 Å². The molecule has 1 N–H and O–H groups in total. The molecule has 0 fully saturated rings. The third-order valence-electron chi connectivity index (χ3n) is 2.72. The average Bonchev–Trinajstić information content (AvgIpc) is 2.52. The van der Waals surface area contributed by atoms with E-state index in [1.807, 2.05) is 30.3 Å². The molecule has 1 amide bonds. The van der Waals surface area contributed by atoms with Gasteiger partial charge in [0, 0.05) is 18.9 Å². The van der Waals surface area contributed by atoms with Gasteiger partial charge in [-0.2, -0.15) is 5.26 Å².